The van der Waals surface area contributed by atoms with Gasteiger partial charge in [-0.2, -0.15) is 0 Å². The van der Waals surface area contributed by atoms with E-state index < -0.39 is 0 Å². The Morgan fingerprint density at radius 3 is 2.70 bits per heavy atom. The maximum atomic E-state index is 13.6. The Kier molecular flexibility index (Phi) is 6.87. The molecule has 1 amide bonds. The van der Waals surface area contributed by atoms with Crippen LogP contribution in [0.3, 0.4) is 0 Å². The van der Waals surface area contributed by atoms with Gasteiger partial charge in [-0.25, -0.2) is 14.4 Å². The molecule has 0 unspecified atom stereocenters. The molecule has 1 saturated heterocycles. The van der Waals surface area contributed by atoms with E-state index in [9.17, 15) is 9.18 Å². The van der Waals surface area contributed by atoms with Crippen LogP contribution in [0, 0.1) is 5.82 Å². The molecule has 1 aliphatic heterocycles. The number of likely N-dealkylation sites (tertiary alicyclic amines) is 1. The highest BCUT2D eigenvalue weighted by Crippen LogP contribution is 2.36. The minimum absolute atomic E-state index is 0.0584. The molecule has 33 heavy (non-hydrogen) atoms. The van der Waals surface area contributed by atoms with Gasteiger partial charge in [0.1, 0.15) is 11.6 Å². The molecule has 1 fully saturated rings. The predicted molar refractivity (Wildman–Crippen MR) is 127 cm³/mol. The van der Waals surface area contributed by atoms with Gasteiger partial charge in [-0.3, -0.25) is 4.79 Å². The van der Waals surface area contributed by atoms with Gasteiger partial charge in [0, 0.05) is 32.4 Å². The van der Waals surface area contributed by atoms with Crippen LogP contribution in [-0.4, -0.2) is 48.5 Å². The zero-order chi connectivity index (χ0) is 23.4. The van der Waals surface area contributed by atoms with Gasteiger partial charge >= 0.3 is 0 Å². The van der Waals surface area contributed by atoms with Gasteiger partial charge in [0.2, 0.25) is 11.9 Å². The molecule has 0 aliphatic carbocycles. The van der Waals surface area contributed by atoms with E-state index in [0.29, 0.717) is 18.9 Å². The first kappa shape index (κ1) is 22.7. The number of amides is 1. The highest BCUT2D eigenvalue weighted by atomic mass is 19.1. The molecule has 0 radical (unpaired) electrons. The highest BCUT2D eigenvalue weighted by Gasteiger charge is 2.31. The monoisotopic (exact) mass is 448 g/mol. The summed E-state index contributed by atoms with van der Waals surface area (Å²) in [6.45, 7) is 0.678. The second-order valence-corrected chi connectivity index (χ2v) is 8.50. The number of halogens is 1. The zero-order valence-corrected chi connectivity index (χ0v) is 19.3. The molecule has 172 valence electrons. The Bertz CT molecular complexity index is 1120. The number of piperidine rings is 1. The summed E-state index contributed by atoms with van der Waals surface area (Å²) in [5.41, 5.74) is 3.38. The second-order valence-electron chi connectivity index (χ2n) is 8.50. The average Bonchev–Trinajstić information content (AvgIpc) is 2.84. The van der Waals surface area contributed by atoms with Gasteiger partial charge in [0.15, 0.2) is 0 Å². The topological polar surface area (TPSA) is 58.6 Å². The van der Waals surface area contributed by atoms with E-state index in [1.807, 2.05) is 48.2 Å². The lowest BCUT2D eigenvalue weighted by Gasteiger charge is -2.36. The van der Waals surface area contributed by atoms with Crippen molar-refractivity contribution in [3.8, 4) is 16.9 Å². The maximum Gasteiger partial charge on any atom is 0.227 e. The lowest BCUT2D eigenvalue weighted by atomic mass is 9.93. The number of carbonyl (C=O) groups is 1. The Balaban J connectivity index is 1.70. The largest absolute Gasteiger partial charge is 0.497 e. The second kappa shape index (κ2) is 9.98. The summed E-state index contributed by atoms with van der Waals surface area (Å²) in [7, 11) is 5.41. The van der Waals surface area contributed by atoms with Crippen LogP contribution in [-0.2, 0) is 11.2 Å². The van der Waals surface area contributed by atoms with Crippen LogP contribution in [0.5, 0.6) is 5.75 Å². The van der Waals surface area contributed by atoms with Crippen molar-refractivity contribution in [2.24, 2.45) is 0 Å². The van der Waals surface area contributed by atoms with Crippen molar-refractivity contribution in [3.05, 3.63) is 71.8 Å². The number of aromatic nitrogens is 2. The zero-order valence-electron chi connectivity index (χ0n) is 19.3. The third-order valence-electron chi connectivity index (χ3n) is 5.99. The SMILES string of the molecule is COc1cccc(CC(=O)N2CCCC[C@H]2c2nc(N(C)C)ncc2-c2ccc(F)cc2)c1. The Labute approximate surface area is 194 Å². The van der Waals surface area contributed by atoms with Crippen molar-refractivity contribution in [2.75, 3.05) is 32.6 Å². The molecule has 7 heteroatoms. The molecule has 0 spiro atoms. The number of benzene rings is 2. The molecule has 2 aromatic carbocycles. The number of methoxy groups -OCH3 is 1. The molecule has 3 aromatic rings. The number of hydrogen-bond acceptors (Lipinski definition) is 5. The molecular formula is C26H29FN4O2. The minimum atomic E-state index is -0.293. The molecule has 0 bridgehead atoms. The van der Waals surface area contributed by atoms with Gasteiger partial charge in [0.25, 0.3) is 0 Å². The molecule has 1 aliphatic rings. The third kappa shape index (κ3) is 5.13. The van der Waals surface area contributed by atoms with E-state index in [1.54, 1.807) is 25.4 Å². The average molecular weight is 449 g/mol. The van der Waals surface area contributed by atoms with Gasteiger partial charge in [0.05, 0.1) is 25.3 Å². The summed E-state index contributed by atoms with van der Waals surface area (Å²) in [6, 6.07) is 13.8. The molecule has 4 rings (SSSR count). The third-order valence-corrected chi connectivity index (χ3v) is 5.99. The number of anilines is 1. The maximum absolute atomic E-state index is 13.6. The Morgan fingerprint density at radius 2 is 1.97 bits per heavy atom. The van der Waals surface area contributed by atoms with Crippen molar-refractivity contribution in [1.29, 1.82) is 0 Å². The van der Waals surface area contributed by atoms with Crippen LogP contribution in [0.1, 0.15) is 36.6 Å². The van der Waals surface area contributed by atoms with Crippen LogP contribution in [0.4, 0.5) is 10.3 Å². The normalized spacial score (nSPS) is 15.9. The fourth-order valence-electron chi connectivity index (χ4n) is 4.28. The van der Waals surface area contributed by atoms with Crippen molar-refractivity contribution < 1.29 is 13.9 Å². The van der Waals surface area contributed by atoms with Crippen LogP contribution in [0.25, 0.3) is 11.1 Å². The standard InChI is InChI=1S/C26H29FN4O2/c1-30(2)26-28-17-22(19-10-12-20(27)13-11-19)25(29-26)23-9-4-5-14-31(23)24(32)16-18-7-6-8-21(15-18)33-3/h6-8,10-13,15,17,23H,4-5,9,14,16H2,1-3H3/t23-/m0/s1. The van der Waals surface area contributed by atoms with E-state index in [-0.39, 0.29) is 17.8 Å². The molecule has 1 atom stereocenters. The number of carbonyl (C=O) groups excluding carboxylic acids is 1. The lowest BCUT2D eigenvalue weighted by Crippen LogP contribution is -2.40. The number of nitrogens with zero attached hydrogens (tertiary/aromatic N) is 4. The van der Waals surface area contributed by atoms with Gasteiger partial charge in [-0.15, -0.1) is 0 Å². The van der Waals surface area contributed by atoms with Gasteiger partial charge < -0.3 is 14.5 Å². The van der Waals surface area contributed by atoms with E-state index in [0.717, 1.165) is 47.4 Å². The number of ether oxygens (including phenoxy) is 1. The van der Waals surface area contributed by atoms with E-state index in [2.05, 4.69) is 4.98 Å². The van der Waals surface area contributed by atoms with E-state index >= 15 is 0 Å². The first-order valence-corrected chi connectivity index (χ1v) is 11.2. The van der Waals surface area contributed by atoms with Crippen molar-refractivity contribution in [3.63, 3.8) is 0 Å². The Morgan fingerprint density at radius 1 is 1.18 bits per heavy atom. The van der Waals surface area contributed by atoms with Gasteiger partial charge in [-0.05, 0) is 54.7 Å². The summed E-state index contributed by atoms with van der Waals surface area (Å²) < 4.78 is 18.9. The van der Waals surface area contributed by atoms with Crippen LogP contribution in [0.2, 0.25) is 0 Å². The van der Waals surface area contributed by atoms with Crippen LogP contribution in [0.15, 0.2) is 54.7 Å². The predicted octanol–water partition coefficient (Wildman–Crippen LogP) is 4.65. The lowest BCUT2D eigenvalue weighted by molar-refractivity contribution is -0.134. The molecule has 6 nitrogen and oxygen atoms in total. The molecule has 0 saturated carbocycles. The van der Waals surface area contributed by atoms with Crippen LogP contribution >= 0.6 is 0 Å². The smallest absolute Gasteiger partial charge is 0.227 e. The molecular weight excluding hydrogens is 419 g/mol. The Hall–Kier alpha value is -3.48. The summed E-state index contributed by atoms with van der Waals surface area (Å²) in [5.74, 6) is 1.09. The molecule has 2 heterocycles. The first-order valence-electron chi connectivity index (χ1n) is 11.2. The molecule has 1 aromatic heterocycles. The first-order chi connectivity index (χ1) is 16.0. The number of hydrogen-bond donors (Lipinski definition) is 0. The summed E-state index contributed by atoms with van der Waals surface area (Å²) in [5, 5.41) is 0. The fourth-order valence-corrected chi connectivity index (χ4v) is 4.28. The number of rotatable bonds is 6. The van der Waals surface area contributed by atoms with Crippen molar-refractivity contribution in [2.45, 2.75) is 31.7 Å². The summed E-state index contributed by atoms with van der Waals surface area (Å²) in [4.78, 5) is 26.6. The van der Waals surface area contributed by atoms with Crippen molar-refractivity contribution in [1.82, 2.24) is 14.9 Å². The summed E-state index contributed by atoms with van der Waals surface area (Å²) >= 11 is 0. The quantitative estimate of drug-likeness (QED) is 0.549. The van der Waals surface area contributed by atoms with E-state index in [4.69, 9.17) is 9.72 Å². The fraction of sp³-hybridized carbons (Fsp3) is 0.346. The minimum Gasteiger partial charge on any atom is -0.497 e. The van der Waals surface area contributed by atoms with Gasteiger partial charge in [-0.1, -0.05) is 24.3 Å². The summed E-state index contributed by atoms with van der Waals surface area (Å²) in [6.07, 6.45) is 4.87. The molecule has 0 N–H and O–H groups in total. The van der Waals surface area contributed by atoms with Crippen molar-refractivity contribution >= 4 is 11.9 Å². The highest BCUT2D eigenvalue weighted by molar-refractivity contribution is 5.80. The van der Waals surface area contributed by atoms with E-state index in [1.165, 1.54) is 12.1 Å². The van der Waals surface area contributed by atoms with Crippen LogP contribution < -0.4 is 9.64 Å².